The van der Waals surface area contributed by atoms with E-state index in [0.29, 0.717) is 12.7 Å². The molecule has 11 heavy (non-hydrogen) atoms. The molecule has 1 fully saturated rings. The van der Waals surface area contributed by atoms with Crippen LogP contribution in [0.5, 0.6) is 0 Å². The molecule has 0 bridgehead atoms. The third-order valence-corrected chi connectivity index (χ3v) is 3.51. The molecule has 0 radical (unpaired) electrons. The Balaban J connectivity index is 2.13. The van der Waals surface area contributed by atoms with Gasteiger partial charge in [-0.2, -0.15) is 0 Å². The largest absolute Gasteiger partial charge is 0.359 e. The molecular formula is C5H12NO4P. The third kappa shape index (κ3) is 2.25. The fourth-order valence-electron chi connectivity index (χ4n) is 0.793. The molecule has 0 amide bonds. The van der Waals surface area contributed by atoms with Crippen molar-refractivity contribution in [1.82, 2.24) is 4.67 Å². The van der Waals surface area contributed by atoms with Crippen molar-refractivity contribution in [1.29, 1.82) is 0 Å². The topological polar surface area (TPSA) is 59.0 Å². The van der Waals surface area contributed by atoms with Crippen molar-refractivity contribution in [3.63, 3.8) is 0 Å². The maximum atomic E-state index is 11.0. The molecule has 0 spiro atoms. The molecule has 0 aromatic heterocycles. The fourth-order valence-corrected chi connectivity index (χ4v) is 1.88. The number of hydrogen-bond donors (Lipinski definition) is 1. The molecule has 0 saturated carbocycles. The summed E-state index contributed by atoms with van der Waals surface area (Å²) in [5.74, 6) is 0. The maximum Gasteiger partial charge on any atom is 0.273 e. The minimum atomic E-state index is -2.96. The number of methoxy groups -OCH3 is 1. The number of nitrogens with zero attached hydrogens (tertiary/aromatic N) is 1. The van der Waals surface area contributed by atoms with Crippen LogP contribution in [-0.4, -0.2) is 42.9 Å². The Morgan fingerprint density at radius 3 is 2.82 bits per heavy atom. The summed E-state index contributed by atoms with van der Waals surface area (Å²) < 4.78 is 21.9. The zero-order valence-electron chi connectivity index (χ0n) is 6.39. The standard InChI is InChI=1S/C5H12NO4P/c1-9-5-10-4-6-2-3-11(6,7)8/h2-5H2,1H3,(H,7,8). The van der Waals surface area contributed by atoms with Crippen LogP contribution in [0.2, 0.25) is 0 Å². The molecule has 1 saturated heterocycles. The van der Waals surface area contributed by atoms with E-state index < -0.39 is 7.52 Å². The molecule has 0 aromatic rings. The lowest BCUT2D eigenvalue weighted by Gasteiger charge is -2.35. The number of rotatable bonds is 4. The summed E-state index contributed by atoms with van der Waals surface area (Å²) in [6.45, 7) is 0.982. The summed E-state index contributed by atoms with van der Waals surface area (Å²) in [5.41, 5.74) is 0. The molecule has 6 heteroatoms. The van der Waals surface area contributed by atoms with E-state index in [1.165, 1.54) is 11.8 Å². The summed E-state index contributed by atoms with van der Waals surface area (Å²) in [7, 11) is -1.46. The summed E-state index contributed by atoms with van der Waals surface area (Å²) >= 11 is 0. The smallest absolute Gasteiger partial charge is 0.273 e. The molecule has 0 aliphatic carbocycles. The molecule has 66 valence electrons. The normalized spacial score (nSPS) is 31.8. The van der Waals surface area contributed by atoms with Crippen molar-refractivity contribution in [3.05, 3.63) is 0 Å². The van der Waals surface area contributed by atoms with Crippen LogP contribution in [0.1, 0.15) is 0 Å². The van der Waals surface area contributed by atoms with Crippen LogP contribution in [0.15, 0.2) is 0 Å². The van der Waals surface area contributed by atoms with Gasteiger partial charge in [0.25, 0.3) is 7.52 Å². The van der Waals surface area contributed by atoms with E-state index >= 15 is 0 Å². The van der Waals surface area contributed by atoms with Crippen LogP contribution in [0.4, 0.5) is 0 Å². The molecule has 1 heterocycles. The Morgan fingerprint density at radius 2 is 2.45 bits per heavy atom. The Labute approximate surface area is 65.4 Å². The zero-order chi connectivity index (χ0) is 8.32. The van der Waals surface area contributed by atoms with E-state index in [2.05, 4.69) is 4.74 Å². The van der Waals surface area contributed by atoms with Crippen LogP contribution in [0.25, 0.3) is 0 Å². The average Bonchev–Trinajstić information content (AvgIpc) is 1.96. The van der Waals surface area contributed by atoms with Crippen LogP contribution in [0, 0.1) is 0 Å². The fraction of sp³-hybridized carbons (Fsp3) is 1.00. The third-order valence-electron chi connectivity index (χ3n) is 1.53. The van der Waals surface area contributed by atoms with Crippen molar-refractivity contribution < 1.29 is 18.9 Å². The molecule has 1 aliphatic heterocycles. The Morgan fingerprint density at radius 1 is 1.73 bits per heavy atom. The molecule has 1 unspecified atom stereocenters. The SMILES string of the molecule is COCOCN1CCP1(=O)O. The van der Waals surface area contributed by atoms with Gasteiger partial charge in [-0.3, -0.25) is 4.57 Å². The minimum Gasteiger partial charge on any atom is -0.359 e. The van der Waals surface area contributed by atoms with Crippen molar-refractivity contribution >= 4 is 7.52 Å². The summed E-state index contributed by atoms with van der Waals surface area (Å²) in [6.07, 6.45) is 0.378. The van der Waals surface area contributed by atoms with E-state index in [-0.39, 0.29) is 13.5 Å². The first-order valence-electron chi connectivity index (χ1n) is 3.31. The van der Waals surface area contributed by atoms with Gasteiger partial charge >= 0.3 is 0 Å². The highest BCUT2D eigenvalue weighted by atomic mass is 31.2. The summed E-state index contributed by atoms with van der Waals surface area (Å²) in [4.78, 5) is 9.03. The van der Waals surface area contributed by atoms with Gasteiger partial charge in [-0.1, -0.05) is 0 Å². The molecule has 1 rings (SSSR count). The van der Waals surface area contributed by atoms with Crippen LogP contribution in [0.3, 0.4) is 0 Å². The lowest BCUT2D eigenvalue weighted by atomic mass is 10.7. The van der Waals surface area contributed by atoms with Gasteiger partial charge in [-0.05, 0) is 0 Å². The van der Waals surface area contributed by atoms with Gasteiger partial charge in [0.2, 0.25) is 0 Å². The Hall–Kier alpha value is 0.0700. The van der Waals surface area contributed by atoms with Crippen LogP contribution < -0.4 is 0 Å². The van der Waals surface area contributed by atoms with E-state index in [4.69, 9.17) is 9.63 Å². The Kier molecular flexibility index (Phi) is 3.04. The van der Waals surface area contributed by atoms with Gasteiger partial charge in [0.15, 0.2) is 0 Å². The number of ether oxygens (including phenoxy) is 2. The average molecular weight is 181 g/mol. The molecule has 1 N–H and O–H groups in total. The monoisotopic (exact) mass is 181 g/mol. The first-order chi connectivity index (χ1) is 5.17. The second kappa shape index (κ2) is 3.65. The second-order valence-electron chi connectivity index (χ2n) is 2.36. The highest BCUT2D eigenvalue weighted by Gasteiger charge is 2.37. The van der Waals surface area contributed by atoms with Crippen molar-refractivity contribution in [2.75, 3.05) is 33.3 Å². The highest BCUT2D eigenvalue weighted by Crippen LogP contribution is 2.52. The van der Waals surface area contributed by atoms with Gasteiger partial charge in [0.05, 0.1) is 6.16 Å². The van der Waals surface area contributed by atoms with Gasteiger partial charge in [-0.15, -0.1) is 0 Å². The Bertz CT molecular complexity index is 174. The van der Waals surface area contributed by atoms with E-state index in [1.54, 1.807) is 0 Å². The van der Waals surface area contributed by atoms with Gasteiger partial charge < -0.3 is 14.4 Å². The first-order valence-corrected chi connectivity index (χ1v) is 5.10. The quantitative estimate of drug-likeness (QED) is 0.377. The lowest BCUT2D eigenvalue weighted by molar-refractivity contribution is -0.0605. The van der Waals surface area contributed by atoms with Crippen molar-refractivity contribution in [2.24, 2.45) is 0 Å². The van der Waals surface area contributed by atoms with E-state index in [1.807, 2.05) is 0 Å². The predicted molar refractivity (Wildman–Crippen MR) is 39.2 cm³/mol. The van der Waals surface area contributed by atoms with Gasteiger partial charge in [-0.25, -0.2) is 4.67 Å². The van der Waals surface area contributed by atoms with Crippen molar-refractivity contribution in [2.45, 2.75) is 0 Å². The molecule has 1 aliphatic rings. The summed E-state index contributed by atoms with van der Waals surface area (Å²) in [5, 5.41) is 0. The van der Waals surface area contributed by atoms with Crippen molar-refractivity contribution in [3.8, 4) is 0 Å². The molecule has 5 nitrogen and oxygen atoms in total. The van der Waals surface area contributed by atoms with E-state index in [9.17, 15) is 4.57 Å². The molecular weight excluding hydrogens is 169 g/mol. The van der Waals surface area contributed by atoms with Gasteiger partial charge in [0, 0.05) is 13.7 Å². The molecule has 0 aromatic carbocycles. The number of hydrogen-bond acceptors (Lipinski definition) is 3. The maximum absolute atomic E-state index is 11.0. The zero-order valence-corrected chi connectivity index (χ0v) is 7.29. The van der Waals surface area contributed by atoms with Crippen LogP contribution >= 0.6 is 7.52 Å². The molecule has 1 atom stereocenters. The minimum absolute atomic E-state index is 0.163. The highest BCUT2D eigenvalue weighted by molar-refractivity contribution is 7.57. The lowest BCUT2D eigenvalue weighted by Crippen LogP contribution is -2.37. The van der Waals surface area contributed by atoms with Gasteiger partial charge in [0.1, 0.15) is 13.5 Å². The second-order valence-corrected chi connectivity index (χ2v) is 4.70. The predicted octanol–water partition coefficient (Wildman–Crippen LogP) is 0.0654. The first kappa shape index (κ1) is 9.16. The van der Waals surface area contributed by atoms with Crippen LogP contribution in [-0.2, 0) is 14.0 Å². The summed E-state index contributed by atoms with van der Waals surface area (Å²) in [6, 6.07) is 0. The van der Waals surface area contributed by atoms with E-state index in [0.717, 1.165) is 0 Å².